The van der Waals surface area contributed by atoms with E-state index in [1.807, 2.05) is 42.5 Å². The number of hydrogen-bond acceptors (Lipinski definition) is 4. The molecule has 4 nitrogen and oxygen atoms in total. The van der Waals surface area contributed by atoms with Crippen LogP contribution in [0.2, 0.25) is 0 Å². The number of hydrogen-bond donors (Lipinski definition) is 2. The van der Waals surface area contributed by atoms with Crippen molar-refractivity contribution in [1.82, 2.24) is 5.32 Å². The van der Waals surface area contributed by atoms with Crippen LogP contribution in [0.15, 0.2) is 69.8 Å². The second kappa shape index (κ2) is 8.09. The van der Waals surface area contributed by atoms with Gasteiger partial charge in [-0.05, 0) is 41.5 Å². The van der Waals surface area contributed by atoms with Gasteiger partial charge in [-0.2, -0.15) is 0 Å². The molecule has 2 aromatic carbocycles. The standard InChI is InChI=1S/C19H17NO3S2/c1-23-15-9-14(13-5-3-2-4-6-13)10-17(11-15)25-18-8-7-16(24-18)12-20-19(21)22/h2-11,20H,12H2,1H3,(H,21,22). The van der Waals surface area contributed by atoms with Crippen molar-refractivity contribution in [3.05, 3.63) is 65.5 Å². The van der Waals surface area contributed by atoms with E-state index in [1.165, 1.54) is 0 Å². The highest BCUT2D eigenvalue weighted by atomic mass is 32.2. The van der Waals surface area contributed by atoms with Gasteiger partial charge in [-0.25, -0.2) is 4.79 Å². The van der Waals surface area contributed by atoms with Crippen LogP contribution in [0.5, 0.6) is 5.75 Å². The lowest BCUT2D eigenvalue weighted by Gasteiger charge is -2.08. The van der Waals surface area contributed by atoms with Gasteiger partial charge in [0.1, 0.15) is 5.75 Å². The third-order valence-electron chi connectivity index (χ3n) is 3.49. The summed E-state index contributed by atoms with van der Waals surface area (Å²) in [5.41, 5.74) is 2.24. The van der Waals surface area contributed by atoms with Crippen molar-refractivity contribution >= 4 is 29.2 Å². The molecule has 0 fully saturated rings. The number of carbonyl (C=O) groups is 1. The molecule has 0 aliphatic heterocycles. The summed E-state index contributed by atoms with van der Waals surface area (Å²) in [7, 11) is 1.67. The number of benzene rings is 2. The van der Waals surface area contributed by atoms with Crippen molar-refractivity contribution in [3.8, 4) is 16.9 Å². The molecule has 0 aliphatic carbocycles. The highest BCUT2D eigenvalue weighted by molar-refractivity contribution is 8.01. The summed E-state index contributed by atoms with van der Waals surface area (Å²) in [4.78, 5) is 12.7. The van der Waals surface area contributed by atoms with Gasteiger partial charge in [0, 0.05) is 9.77 Å². The molecule has 3 aromatic rings. The molecule has 25 heavy (non-hydrogen) atoms. The molecule has 0 radical (unpaired) electrons. The Morgan fingerprint density at radius 1 is 1.12 bits per heavy atom. The summed E-state index contributed by atoms with van der Waals surface area (Å²) >= 11 is 3.23. The van der Waals surface area contributed by atoms with Crippen LogP contribution in [0.25, 0.3) is 11.1 Å². The average Bonchev–Trinajstić information content (AvgIpc) is 3.07. The van der Waals surface area contributed by atoms with Crippen molar-refractivity contribution in [2.45, 2.75) is 15.6 Å². The maximum atomic E-state index is 10.6. The average molecular weight is 371 g/mol. The predicted octanol–water partition coefficient (Wildman–Crippen LogP) is 5.34. The number of amides is 1. The van der Waals surface area contributed by atoms with E-state index in [0.717, 1.165) is 30.9 Å². The van der Waals surface area contributed by atoms with Crippen LogP contribution in [0, 0.1) is 0 Å². The van der Waals surface area contributed by atoms with Gasteiger partial charge >= 0.3 is 6.09 Å². The number of ether oxygens (including phenoxy) is 1. The van der Waals surface area contributed by atoms with Crippen LogP contribution in [0.4, 0.5) is 4.79 Å². The highest BCUT2D eigenvalue weighted by Crippen LogP contribution is 2.37. The minimum absolute atomic E-state index is 0.327. The van der Waals surface area contributed by atoms with E-state index in [9.17, 15) is 4.79 Å². The zero-order valence-electron chi connectivity index (χ0n) is 13.6. The Morgan fingerprint density at radius 3 is 2.64 bits per heavy atom. The van der Waals surface area contributed by atoms with E-state index in [1.54, 1.807) is 30.2 Å². The largest absolute Gasteiger partial charge is 0.497 e. The topological polar surface area (TPSA) is 58.6 Å². The molecule has 6 heteroatoms. The van der Waals surface area contributed by atoms with Gasteiger partial charge in [0.15, 0.2) is 0 Å². The van der Waals surface area contributed by atoms with Crippen LogP contribution in [0.3, 0.4) is 0 Å². The van der Waals surface area contributed by atoms with Crippen molar-refractivity contribution in [3.63, 3.8) is 0 Å². The third kappa shape index (κ3) is 4.78. The SMILES string of the molecule is COc1cc(Sc2ccc(CNC(=O)O)s2)cc(-c2ccccc2)c1. The number of rotatable bonds is 6. The van der Waals surface area contributed by atoms with Gasteiger partial charge < -0.3 is 15.2 Å². The fraction of sp³-hybridized carbons (Fsp3) is 0.105. The fourth-order valence-corrected chi connectivity index (χ4v) is 4.51. The van der Waals surface area contributed by atoms with Crippen LogP contribution < -0.4 is 10.1 Å². The first-order chi connectivity index (χ1) is 12.1. The molecule has 128 valence electrons. The number of carboxylic acid groups (broad SMARTS) is 1. The maximum absolute atomic E-state index is 10.6. The molecule has 0 atom stereocenters. The zero-order valence-corrected chi connectivity index (χ0v) is 15.2. The minimum Gasteiger partial charge on any atom is -0.497 e. The van der Waals surface area contributed by atoms with Gasteiger partial charge in [0.25, 0.3) is 0 Å². The van der Waals surface area contributed by atoms with Gasteiger partial charge in [0.2, 0.25) is 0 Å². The van der Waals surface area contributed by atoms with Crippen LogP contribution in [-0.2, 0) is 6.54 Å². The molecule has 1 aromatic heterocycles. The van der Waals surface area contributed by atoms with Crippen molar-refractivity contribution < 1.29 is 14.6 Å². The molecule has 1 heterocycles. The lowest BCUT2D eigenvalue weighted by atomic mass is 10.1. The summed E-state index contributed by atoms with van der Waals surface area (Å²) in [5.74, 6) is 0.813. The molecule has 2 N–H and O–H groups in total. The zero-order chi connectivity index (χ0) is 17.6. The summed E-state index contributed by atoms with van der Waals surface area (Å²) in [6.45, 7) is 0.327. The highest BCUT2D eigenvalue weighted by Gasteiger charge is 2.08. The Balaban J connectivity index is 1.81. The molecule has 0 aliphatic rings. The van der Waals surface area contributed by atoms with Crippen LogP contribution in [-0.4, -0.2) is 18.3 Å². The molecule has 0 bridgehead atoms. The van der Waals surface area contributed by atoms with Crippen molar-refractivity contribution in [1.29, 1.82) is 0 Å². The third-order valence-corrected chi connectivity index (χ3v) is 5.68. The van der Waals surface area contributed by atoms with Gasteiger partial charge in [0.05, 0.1) is 17.9 Å². The quantitative estimate of drug-likeness (QED) is 0.614. The Kier molecular flexibility index (Phi) is 5.63. The Bertz CT molecular complexity index is 862. The summed E-state index contributed by atoms with van der Waals surface area (Å²) in [6.07, 6.45) is -1.01. The van der Waals surface area contributed by atoms with E-state index in [0.29, 0.717) is 6.54 Å². The molecule has 0 saturated heterocycles. The molecular weight excluding hydrogens is 354 g/mol. The second-order valence-electron chi connectivity index (χ2n) is 5.24. The lowest BCUT2D eigenvalue weighted by molar-refractivity contribution is 0.194. The molecule has 0 saturated carbocycles. The van der Waals surface area contributed by atoms with E-state index in [2.05, 4.69) is 23.5 Å². The number of nitrogens with one attached hydrogen (secondary N) is 1. The Labute approximate surface area is 154 Å². The first-order valence-electron chi connectivity index (χ1n) is 7.62. The van der Waals surface area contributed by atoms with Gasteiger partial charge in [-0.3, -0.25) is 0 Å². The van der Waals surface area contributed by atoms with Crippen molar-refractivity contribution in [2.75, 3.05) is 7.11 Å². The monoisotopic (exact) mass is 371 g/mol. The molecule has 0 spiro atoms. The predicted molar refractivity (Wildman–Crippen MR) is 102 cm³/mol. The Morgan fingerprint density at radius 2 is 1.92 bits per heavy atom. The first-order valence-corrected chi connectivity index (χ1v) is 9.25. The molecule has 0 unspecified atom stereocenters. The van der Waals surface area contributed by atoms with Crippen molar-refractivity contribution in [2.24, 2.45) is 0 Å². The second-order valence-corrected chi connectivity index (χ2v) is 7.79. The Hall–Kier alpha value is -2.44. The number of methoxy groups -OCH3 is 1. The lowest BCUT2D eigenvalue weighted by Crippen LogP contribution is -2.19. The van der Waals surface area contributed by atoms with E-state index in [4.69, 9.17) is 9.84 Å². The van der Waals surface area contributed by atoms with E-state index < -0.39 is 6.09 Å². The summed E-state index contributed by atoms with van der Waals surface area (Å²) < 4.78 is 6.55. The minimum atomic E-state index is -1.01. The molecule has 3 rings (SSSR count). The fourth-order valence-electron chi connectivity index (χ4n) is 2.33. The van der Waals surface area contributed by atoms with E-state index >= 15 is 0 Å². The first kappa shape index (κ1) is 17.4. The van der Waals surface area contributed by atoms with E-state index in [-0.39, 0.29) is 0 Å². The smallest absolute Gasteiger partial charge is 0.404 e. The summed E-state index contributed by atoms with van der Waals surface area (Å²) in [5, 5.41) is 11.1. The van der Waals surface area contributed by atoms with Gasteiger partial charge in [-0.1, -0.05) is 42.1 Å². The van der Waals surface area contributed by atoms with Crippen LogP contribution in [0.1, 0.15) is 4.88 Å². The van der Waals surface area contributed by atoms with Crippen LogP contribution >= 0.6 is 23.1 Å². The van der Waals surface area contributed by atoms with Gasteiger partial charge in [-0.15, -0.1) is 11.3 Å². The molecule has 1 amide bonds. The molecular formula is C19H17NO3S2. The maximum Gasteiger partial charge on any atom is 0.404 e. The number of thiophene rings is 1. The summed E-state index contributed by atoms with van der Waals surface area (Å²) in [6, 6.07) is 20.3. The normalized spacial score (nSPS) is 10.4.